The standard InChI is InChI=1S/C22H16Cl2N2O3S/c1-2-29-15-6-3-5-14(12-15)25-20-19(18-7-4-10-30-18)21(27)26(22(20)28)17-11-13(23)8-9-16(17)24/h3-12,25H,2H2,1H3. The van der Waals surface area contributed by atoms with Crippen LogP contribution in [0.3, 0.4) is 0 Å². The normalized spacial score (nSPS) is 13.9. The first-order chi connectivity index (χ1) is 14.5. The molecule has 2 heterocycles. The average molecular weight is 459 g/mol. The Kier molecular flexibility index (Phi) is 5.81. The summed E-state index contributed by atoms with van der Waals surface area (Å²) in [5.41, 5.74) is 1.33. The van der Waals surface area contributed by atoms with Gasteiger partial charge in [0.05, 0.1) is 22.9 Å². The van der Waals surface area contributed by atoms with Crippen molar-refractivity contribution < 1.29 is 14.3 Å². The Labute approximate surface area is 187 Å². The van der Waals surface area contributed by atoms with Crippen molar-refractivity contribution in [1.82, 2.24) is 0 Å². The molecular formula is C22H16Cl2N2O3S. The lowest BCUT2D eigenvalue weighted by Gasteiger charge is -2.17. The number of amides is 2. The number of benzene rings is 2. The summed E-state index contributed by atoms with van der Waals surface area (Å²) in [4.78, 5) is 28.4. The third-order valence-electron chi connectivity index (χ3n) is 4.41. The number of nitrogens with one attached hydrogen (secondary N) is 1. The maximum absolute atomic E-state index is 13.4. The second-order valence-electron chi connectivity index (χ2n) is 6.35. The van der Waals surface area contributed by atoms with E-state index in [1.54, 1.807) is 30.3 Å². The zero-order valence-corrected chi connectivity index (χ0v) is 18.1. The number of carbonyl (C=O) groups is 2. The summed E-state index contributed by atoms with van der Waals surface area (Å²) in [5.74, 6) is -0.309. The van der Waals surface area contributed by atoms with Crippen LogP contribution < -0.4 is 15.0 Å². The second-order valence-corrected chi connectivity index (χ2v) is 8.15. The number of imide groups is 1. The molecule has 1 aliphatic rings. The number of nitrogens with zero attached hydrogens (tertiary/aromatic N) is 1. The molecule has 1 N–H and O–H groups in total. The van der Waals surface area contributed by atoms with Gasteiger partial charge in [0, 0.05) is 21.7 Å². The maximum atomic E-state index is 13.4. The number of thiophene rings is 1. The maximum Gasteiger partial charge on any atom is 0.282 e. The van der Waals surface area contributed by atoms with Crippen LogP contribution in [0, 0.1) is 0 Å². The van der Waals surface area contributed by atoms with Gasteiger partial charge in [-0.25, -0.2) is 4.90 Å². The van der Waals surface area contributed by atoms with Gasteiger partial charge in [0.25, 0.3) is 11.8 Å². The van der Waals surface area contributed by atoms with Crippen LogP contribution in [0.15, 0.2) is 65.7 Å². The highest BCUT2D eigenvalue weighted by atomic mass is 35.5. The molecule has 0 bridgehead atoms. The van der Waals surface area contributed by atoms with Gasteiger partial charge in [-0.05, 0) is 48.7 Å². The summed E-state index contributed by atoms with van der Waals surface area (Å²) >= 11 is 13.8. The predicted molar refractivity (Wildman–Crippen MR) is 121 cm³/mol. The van der Waals surface area contributed by atoms with Gasteiger partial charge < -0.3 is 10.1 Å². The summed E-state index contributed by atoms with van der Waals surface area (Å²) in [6, 6.07) is 15.5. The zero-order chi connectivity index (χ0) is 21.3. The molecular weight excluding hydrogens is 443 g/mol. The van der Waals surface area contributed by atoms with E-state index in [0.29, 0.717) is 27.9 Å². The lowest BCUT2D eigenvalue weighted by atomic mass is 10.2. The minimum atomic E-state index is -0.505. The second kappa shape index (κ2) is 8.52. The summed E-state index contributed by atoms with van der Waals surface area (Å²) in [6.45, 7) is 2.41. The molecule has 0 atom stereocenters. The fraction of sp³-hybridized carbons (Fsp3) is 0.0909. The van der Waals surface area contributed by atoms with Crippen molar-refractivity contribution in [3.63, 3.8) is 0 Å². The van der Waals surface area contributed by atoms with Crippen LogP contribution in [0.2, 0.25) is 10.0 Å². The zero-order valence-electron chi connectivity index (χ0n) is 15.8. The minimum Gasteiger partial charge on any atom is -0.494 e. The molecule has 2 amide bonds. The molecule has 1 aromatic heterocycles. The number of carbonyl (C=O) groups excluding carboxylic acids is 2. The van der Waals surface area contributed by atoms with E-state index in [0.717, 1.165) is 4.90 Å². The van der Waals surface area contributed by atoms with Crippen LogP contribution in [0.4, 0.5) is 11.4 Å². The Morgan fingerprint density at radius 1 is 1.03 bits per heavy atom. The van der Waals surface area contributed by atoms with E-state index >= 15 is 0 Å². The Hall–Kier alpha value is -2.80. The lowest BCUT2D eigenvalue weighted by molar-refractivity contribution is -0.120. The van der Waals surface area contributed by atoms with E-state index in [9.17, 15) is 9.59 Å². The monoisotopic (exact) mass is 458 g/mol. The van der Waals surface area contributed by atoms with Crippen LogP contribution in [0.25, 0.3) is 5.57 Å². The largest absolute Gasteiger partial charge is 0.494 e. The van der Waals surface area contributed by atoms with Gasteiger partial charge in [-0.3, -0.25) is 9.59 Å². The first kappa shape index (κ1) is 20.5. The van der Waals surface area contributed by atoms with Gasteiger partial charge >= 0.3 is 0 Å². The molecule has 0 saturated heterocycles. The number of hydrogen-bond acceptors (Lipinski definition) is 5. The van der Waals surface area contributed by atoms with Crippen LogP contribution >= 0.6 is 34.5 Å². The van der Waals surface area contributed by atoms with Gasteiger partial charge in [-0.1, -0.05) is 35.3 Å². The van der Waals surface area contributed by atoms with Gasteiger partial charge in [0.1, 0.15) is 11.4 Å². The van der Waals surface area contributed by atoms with Gasteiger partial charge in [-0.15, -0.1) is 11.3 Å². The smallest absolute Gasteiger partial charge is 0.282 e. The summed E-state index contributed by atoms with van der Waals surface area (Å²) in [6.07, 6.45) is 0. The molecule has 0 saturated carbocycles. The Bertz CT molecular complexity index is 1160. The first-order valence-electron chi connectivity index (χ1n) is 9.11. The summed E-state index contributed by atoms with van der Waals surface area (Å²) < 4.78 is 5.53. The Morgan fingerprint density at radius 2 is 1.87 bits per heavy atom. The fourth-order valence-corrected chi connectivity index (χ4v) is 4.28. The van der Waals surface area contributed by atoms with E-state index in [-0.39, 0.29) is 22.0 Å². The molecule has 5 nitrogen and oxygen atoms in total. The van der Waals surface area contributed by atoms with Crippen molar-refractivity contribution in [2.45, 2.75) is 6.92 Å². The molecule has 30 heavy (non-hydrogen) atoms. The van der Waals surface area contributed by atoms with E-state index in [1.165, 1.54) is 17.4 Å². The Balaban J connectivity index is 1.79. The van der Waals surface area contributed by atoms with Crippen LogP contribution in [0.5, 0.6) is 5.75 Å². The van der Waals surface area contributed by atoms with Crippen molar-refractivity contribution in [3.8, 4) is 5.75 Å². The number of ether oxygens (including phenoxy) is 1. The average Bonchev–Trinajstić information content (AvgIpc) is 3.32. The van der Waals surface area contributed by atoms with Gasteiger partial charge in [0.2, 0.25) is 0 Å². The highest BCUT2D eigenvalue weighted by Crippen LogP contribution is 2.39. The molecule has 152 valence electrons. The van der Waals surface area contributed by atoms with E-state index < -0.39 is 11.8 Å². The van der Waals surface area contributed by atoms with Crippen molar-refractivity contribution in [2.24, 2.45) is 0 Å². The van der Waals surface area contributed by atoms with Crippen molar-refractivity contribution in [1.29, 1.82) is 0 Å². The molecule has 0 aliphatic carbocycles. The molecule has 4 rings (SSSR count). The van der Waals surface area contributed by atoms with Crippen LogP contribution in [-0.4, -0.2) is 18.4 Å². The van der Waals surface area contributed by atoms with Crippen molar-refractivity contribution >= 4 is 63.3 Å². The molecule has 3 aromatic rings. The third-order valence-corrected chi connectivity index (χ3v) is 5.86. The molecule has 1 aliphatic heterocycles. The van der Waals surface area contributed by atoms with Gasteiger partial charge in [-0.2, -0.15) is 0 Å². The molecule has 0 fully saturated rings. The van der Waals surface area contributed by atoms with E-state index in [4.69, 9.17) is 27.9 Å². The first-order valence-corrected chi connectivity index (χ1v) is 10.7. The van der Waals surface area contributed by atoms with Gasteiger partial charge in [0.15, 0.2) is 0 Å². The molecule has 2 aromatic carbocycles. The van der Waals surface area contributed by atoms with E-state index in [2.05, 4.69) is 5.32 Å². The molecule has 0 radical (unpaired) electrons. The van der Waals surface area contributed by atoms with E-state index in [1.807, 2.05) is 30.5 Å². The number of anilines is 2. The predicted octanol–water partition coefficient (Wildman–Crippen LogP) is 5.85. The topological polar surface area (TPSA) is 58.6 Å². The number of halogens is 2. The minimum absolute atomic E-state index is 0.173. The van der Waals surface area contributed by atoms with Crippen molar-refractivity contribution in [2.75, 3.05) is 16.8 Å². The van der Waals surface area contributed by atoms with Crippen LogP contribution in [-0.2, 0) is 9.59 Å². The quantitative estimate of drug-likeness (QED) is 0.470. The number of rotatable bonds is 6. The highest BCUT2D eigenvalue weighted by Gasteiger charge is 2.41. The fourth-order valence-electron chi connectivity index (χ4n) is 3.15. The highest BCUT2D eigenvalue weighted by molar-refractivity contribution is 7.11. The van der Waals surface area contributed by atoms with Crippen molar-refractivity contribution in [3.05, 3.63) is 80.6 Å². The molecule has 0 spiro atoms. The lowest BCUT2D eigenvalue weighted by Crippen LogP contribution is -2.32. The SMILES string of the molecule is CCOc1cccc(NC2=C(c3cccs3)C(=O)N(c3cc(Cl)ccc3Cl)C2=O)c1. The number of hydrogen-bond donors (Lipinski definition) is 1. The van der Waals surface area contributed by atoms with Crippen LogP contribution in [0.1, 0.15) is 11.8 Å². The summed E-state index contributed by atoms with van der Waals surface area (Å²) in [5, 5.41) is 5.59. The molecule has 0 unspecified atom stereocenters. The summed E-state index contributed by atoms with van der Waals surface area (Å²) in [7, 11) is 0. The third kappa shape index (κ3) is 3.81. The Morgan fingerprint density at radius 3 is 2.60 bits per heavy atom. The molecule has 8 heteroatoms.